The lowest BCUT2D eigenvalue weighted by Crippen LogP contribution is -2.24. The molecule has 0 heterocycles. The van der Waals surface area contributed by atoms with E-state index in [0.717, 1.165) is 4.47 Å². The van der Waals surface area contributed by atoms with Gasteiger partial charge in [0.1, 0.15) is 0 Å². The SMILES string of the molecule is Cc1ccc(Br)cc1[C@H](N)C1CCCCC1. The number of hydrogen-bond acceptors (Lipinski definition) is 1. The Kier molecular flexibility index (Phi) is 4.04. The van der Waals surface area contributed by atoms with Crippen molar-refractivity contribution in [2.75, 3.05) is 0 Å². The Labute approximate surface area is 107 Å². The number of nitrogens with two attached hydrogens (primary N) is 1. The van der Waals surface area contributed by atoms with Crippen LogP contribution < -0.4 is 5.73 Å². The van der Waals surface area contributed by atoms with Crippen molar-refractivity contribution in [2.24, 2.45) is 11.7 Å². The van der Waals surface area contributed by atoms with Crippen LogP contribution in [0.2, 0.25) is 0 Å². The molecule has 0 aliphatic heterocycles. The molecule has 0 spiro atoms. The van der Waals surface area contributed by atoms with Gasteiger partial charge in [-0.25, -0.2) is 0 Å². The van der Waals surface area contributed by atoms with Crippen LogP contribution in [0.1, 0.15) is 49.3 Å². The van der Waals surface area contributed by atoms with Gasteiger partial charge in [0.05, 0.1) is 0 Å². The molecule has 0 radical (unpaired) electrons. The summed E-state index contributed by atoms with van der Waals surface area (Å²) in [6.07, 6.45) is 6.69. The van der Waals surface area contributed by atoms with Gasteiger partial charge in [0, 0.05) is 10.5 Å². The molecule has 0 saturated heterocycles. The van der Waals surface area contributed by atoms with Gasteiger partial charge in [0.25, 0.3) is 0 Å². The molecule has 2 heteroatoms. The van der Waals surface area contributed by atoms with Gasteiger partial charge in [-0.05, 0) is 48.9 Å². The van der Waals surface area contributed by atoms with E-state index >= 15 is 0 Å². The van der Waals surface area contributed by atoms with Crippen LogP contribution in [0.3, 0.4) is 0 Å². The lowest BCUT2D eigenvalue weighted by atomic mass is 9.80. The van der Waals surface area contributed by atoms with Crippen molar-refractivity contribution in [1.82, 2.24) is 0 Å². The highest BCUT2D eigenvalue weighted by Gasteiger charge is 2.22. The van der Waals surface area contributed by atoms with Crippen LogP contribution in [0, 0.1) is 12.8 Å². The fourth-order valence-electron chi connectivity index (χ4n) is 2.72. The van der Waals surface area contributed by atoms with Gasteiger partial charge >= 0.3 is 0 Å². The van der Waals surface area contributed by atoms with Crippen LogP contribution in [0.4, 0.5) is 0 Å². The quantitative estimate of drug-likeness (QED) is 0.858. The first-order chi connectivity index (χ1) is 7.68. The highest BCUT2D eigenvalue weighted by molar-refractivity contribution is 9.10. The molecule has 1 aromatic rings. The minimum atomic E-state index is 0.220. The summed E-state index contributed by atoms with van der Waals surface area (Å²) in [6, 6.07) is 6.65. The molecular formula is C14H20BrN. The molecular weight excluding hydrogens is 262 g/mol. The van der Waals surface area contributed by atoms with Gasteiger partial charge < -0.3 is 5.73 Å². The van der Waals surface area contributed by atoms with Crippen LogP contribution in [-0.4, -0.2) is 0 Å². The third-order valence-electron chi connectivity index (χ3n) is 3.76. The summed E-state index contributed by atoms with van der Waals surface area (Å²) in [5, 5.41) is 0. The Hall–Kier alpha value is -0.340. The van der Waals surface area contributed by atoms with Crippen LogP contribution in [0.5, 0.6) is 0 Å². The molecule has 0 aromatic heterocycles. The second-order valence-corrected chi connectivity index (χ2v) is 5.84. The van der Waals surface area contributed by atoms with E-state index in [4.69, 9.17) is 5.73 Å². The maximum atomic E-state index is 6.42. The smallest absolute Gasteiger partial charge is 0.0326 e. The Morgan fingerprint density at radius 1 is 1.25 bits per heavy atom. The molecule has 88 valence electrons. The van der Waals surface area contributed by atoms with E-state index in [2.05, 4.69) is 41.1 Å². The van der Waals surface area contributed by atoms with E-state index in [-0.39, 0.29) is 6.04 Å². The highest BCUT2D eigenvalue weighted by Crippen LogP contribution is 2.34. The zero-order valence-electron chi connectivity index (χ0n) is 9.88. The molecule has 2 N–H and O–H groups in total. The standard InChI is InChI=1S/C14H20BrN/c1-10-7-8-12(15)9-13(10)14(16)11-5-3-2-4-6-11/h7-9,11,14H,2-6,16H2,1H3/t14-/m1/s1. The molecule has 16 heavy (non-hydrogen) atoms. The van der Waals surface area contributed by atoms with E-state index in [1.54, 1.807) is 0 Å². The molecule has 1 saturated carbocycles. The molecule has 1 nitrogen and oxygen atoms in total. The van der Waals surface area contributed by atoms with Crippen LogP contribution in [0.25, 0.3) is 0 Å². The van der Waals surface area contributed by atoms with Gasteiger partial charge in [-0.2, -0.15) is 0 Å². The summed E-state index contributed by atoms with van der Waals surface area (Å²) < 4.78 is 1.14. The van der Waals surface area contributed by atoms with Gasteiger partial charge in [-0.1, -0.05) is 41.3 Å². The monoisotopic (exact) mass is 281 g/mol. The third kappa shape index (κ3) is 2.67. The second kappa shape index (κ2) is 5.33. The average Bonchev–Trinajstić information content (AvgIpc) is 2.32. The lowest BCUT2D eigenvalue weighted by Gasteiger charge is -2.28. The van der Waals surface area contributed by atoms with Crippen molar-refractivity contribution in [1.29, 1.82) is 0 Å². The number of halogens is 1. The van der Waals surface area contributed by atoms with Crippen molar-refractivity contribution in [2.45, 2.75) is 45.1 Å². The maximum absolute atomic E-state index is 6.42. The Morgan fingerprint density at radius 2 is 1.94 bits per heavy atom. The number of benzene rings is 1. The number of aryl methyl sites for hydroxylation is 1. The molecule has 2 rings (SSSR count). The first-order valence-electron chi connectivity index (χ1n) is 6.20. The predicted molar refractivity (Wildman–Crippen MR) is 72.4 cm³/mol. The summed E-state index contributed by atoms with van der Waals surface area (Å²) in [7, 11) is 0. The molecule has 1 aromatic carbocycles. The van der Waals surface area contributed by atoms with Gasteiger partial charge in [-0.3, -0.25) is 0 Å². The molecule has 0 bridgehead atoms. The maximum Gasteiger partial charge on any atom is 0.0326 e. The highest BCUT2D eigenvalue weighted by atomic mass is 79.9. The Morgan fingerprint density at radius 3 is 2.62 bits per heavy atom. The third-order valence-corrected chi connectivity index (χ3v) is 4.25. The minimum absolute atomic E-state index is 0.220. The number of hydrogen-bond donors (Lipinski definition) is 1. The number of rotatable bonds is 2. The summed E-state index contributed by atoms with van der Waals surface area (Å²) in [5.74, 6) is 0.682. The Balaban J connectivity index is 2.18. The lowest BCUT2D eigenvalue weighted by molar-refractivity contribution is 0.307. The normalized spacial score (nSPS) is 19.7. The zero-order chi connectivity index (χ0) is 11.5. The van der Waals surface area contributed by atoms with E-state index in [1.165, 1.54) is 43.2 Å². The summed E-state index contributed by atoms with van der Waals surface area (Å²) in [4.78, 5) is 0. The van der Waals surface area contributed by atoms with Gasteiger partial charge in [0.2, 0.25) is 0 Å². The van der Waals surface area contributed by atoms with Crippen LogP contribution >= 0.6 is 15.9 Å². The van der Waals surface area contributed by atoms with Crippen molar-refractivity contribution in [3.05, 3.63) is 33.8 Å². The zero-order valence-corrected chi connectivity index (χ0v) is 11.5. The van der Waals surface area contributed by atoms with Crippen molar-refractivity contribution < 1.29 is 0 Å². The fourth-order valence-corrected chi connectivity index (χ4v) is 3.10. The van der Waals surface area contributed by atoms with Crippen molar-refractivity contribution in [3.8, 4) is 0 Å². The average molecular weight is 282 g/mol. The van der Waals surface area contributed by atoms with E-state index in [0.29, 0.717) is 5.92 Å². The molecule has 1 aliphatic carbocycles. The predicted octanol–water partition coefficient (Wildman–Crippen LogP) is 4.34. The largest absolute Gasteiger partial charge is 0.324 e. The van der Waals surface area contributed by atoms with Crippen LogP contribution in [0.15, 0.2) is 22.7 Å². The molecule has 0 unspecified atom stereocenters. The summed E-state index contributed by atoms with van der Waals surface area (Å²) in [6.45, 7) is 2.16. The topological polar surface area (TPSA) is 26.0 Å². The molecule has 1 atom stereocenters. The molecule has 1 aliphatic rings. The first kappa shape index (κ1) is 12.1. The van der Waals surface area contributed by atoms with E-state index in [9.17, 15) is 0 Å². The van der Waals surface area contributed by atoms with Gasteiger partial charge in [0.15, 0.2) is 0 Å². The first-order valence-corrected chi connectivity index (χ1v) is 6.99. The van der Waals surface area contributed by atoms with Crippen molar-refractivity contribution >= 4 is 15.9 Å². The summed E-state index contributed by atoms with van der Waals surface area (Å²) >= 11 is 3.53. The van der Waals surface area contributed by atoms with E-state index in [1.807, 2.05) is 0 Å². The minimum Gasteiger partial charge on any atom is -0.324 e. The second-order valence-electron chi connectivity index (χ2n) is 4.92. The fraction of sp³-hybridized carbons (Fsp3) is 0.571. The Bertz CT molecular complexity index is 356. The van der Waals surface area contributed by atoms with Gasteiger partial charge in [-0.15, -0.1) is 0 Å². The van der Waals surface area contributed by atoms with Crippen LogP contribution in [-0.2, 0) is 0 Å². The summed E-state index contributed by atoms with van der Waals surface area (Å²) in [5.41, 5.74) is 9.06. The van der Waals surface area contributed by atoms with E-state index < -0.39 is 0 Å². The molecule has 1 fully saturated rings. The molecule has 0 amide bonds. The van der Waals surface area contributed by atoms with Crippen molar-refractivity contribution in [3.63, 3.8) is 0 Å².